The summed E-state index contributed by atoms with van der Waals surface area (Å²) in [4.78, 5) is 0. The normalized spacial score (nSPS) is 14.4. The molecule has 1 heteroatoms. The van der Waals surface area contributed by atoms with Crippen LogP contribution in [0, 0.1) is 0 Å². The van der Waals surface area contributed by atoms with E-state index in [-0.39, 0.29) is 46.5 Å². The minimum atomic E-state index is -0.466. The molecule has 1 aromatic heterocycles. The molecule has 172 valence electrons. The minimum absolute atomic E-state index is 0.0541. The Balaban J connectivity index is 1.57. The van der Waals surface area contributed by atoms with Crippen molar-refractivity contribution in [2.45, 2.75) is 0 Å². The van der Waals surface area contributed by atoms with Gasteiger partial charge in [-0.15, -0.1) is 0 Å². The maximum atomic E-state index is 9.09. The number of hydrogen-bond acceptors (Lipinski definition) is 1. The van der Waals surface area contributed by atoms with Crippen molar-refractivity contribution < 1.29 is 14.0 Å². The SMILES string of the molecule is [2H]c1c([2H])c([2H])c2c(-c3c4ccccc4c(-c4ccc5oc6ccccc6c5c4)c4ccccc34)c([2H])c([2H])c([2H])c2c1[2H]. The van der Waals surface area contributed by atoms with Gasteiger partial charge in [0.25, 0.3) is 0 Å². The lowest BCUT2D eigenvalue weighted by molar-refractivity contribution is 0.669. The first-order valence-corrected chi connectivity index (χ1v) is 12.1. The first-order chi connectivity index (χ1) is 21.3. The first-order valence-electron chi connectivity index (χ1n) is 15.6. The zero-order valence-electron chi connectivity index (χ0n) is 26.6. The summed E-state index contributed by atoms with van der Waals surface area (Å²) in [6.45, 7) is 0. The van der Waals surface area contributed by atoms with Gasteiger partial charge in [0.15, 0.2) is 0 Å². The summed E-state index contributed by atoms with van der Waals surface area (Å²) < 4.78 is 66.7. The second-order valence-corrected chi connectivity index (χ2v) is 9.15. The fraction of sp³-hybridized carbons (Fsp3) is 0. The van der Waals surface area contributed by atoms with Crippen LogP contribution in [-0.2, 0) is 0 Å². The van der Waals surface area contributed by atoms with Gasteiger partial charge in [0.05, 0.1) is 9.60 Å². The Morgan fingerprint density at radius 2 is 1.05 bits per heavy atom. The Morgan fingerprint density at radius 1 is 0.459 bits per heavy atom. The van der Waals surface area contributed by atoms with Gasteiger partial charge in [-0.05, 0) is 72.8 Å². The molecule has 7 aromatic carbocycles. The molecule has 0 atom stereocenters. The highest BCUT2D eigenvalue weighted by atomic mass is 16.3. The van der Waals surface area contributed by atoms with E-state index in [0.29, 0.717) is 5.56 Å². The molecule has 8 rings (SSSR count). The van der Waals surface area contributed by atoms with Gasteiger partial charge in [0, 0.05) is 10.8 Å². The van der Waals surface area contributed by atoms with Crippen LogP contribution in [0.15, 0.2) is 138 Å². The number of para-hydroxylation sites is 1. The van der Waals surface area contributed by atoms with E-state index in [4.69, 9.17) is 14.0 Å². The molecular formula is C36H22O. The molecule has 0 amide bonds. The van der Waals surface area contributed by atoms with Crippen LogP contribution in [-0.4, -0.2) is 0 Å². The Morgan fingerprint density at radius 3 is 1.81 bits per heavy atom. The van der Waals surface area contributed by atoms with Gasteiger partial charge in [-0.3, -0.25) is 0 Å². The smallest absolute Gasteiger partial charge is 0.135 e. The van der Waals surface area contributed by atoms with E-state index in [1.165, 1.54) is 0 Å². The number of rotatable bonds is 2. The number of hydrogen-bond donors (Lipinski definition) is 0. The fourth-order valence-corrected chi connectivity index (χ4v) is 5.59. The van der Waals surface area contributed by atoms with E-state index in [1.807, 2.05) is 84.9 Å². The highest BCUT2D eigenvalue weighted by Gasteiger charge is 2.18. The van der Waals surface area contributed by atoms with Gasteiger partial charge < -0.3 is 4.42 Å². The maximum Gasteiger partial charge on any atom is 0.135 e. The van der Waals surface area contributed by atoms with Crippen LogP contribution in [0.5, 0.6) is 0 Å². The first kappa shape index (κ1) is 14.6. The Hall–Kier alpha value is -4.88. The molecule has 0 N–H and O–H groups in total. The summed E-state index contributed by atoms with van der Waals surface area (Å²) in [6, 6.07) is 27.1. The molecule has 1 nitrogen and oxygen atoms in total. The average Bonchev–Trinajstić information content (AvgIpc) is 3.42. The van der Waals surface area contributed by atoms with E-state index in [0.717, 1.165) is 54.6 Å². The van der Waals surface area contributed by atoms with Crippen molar-refractivity contribution in [2.24, 2.45) is 0 Å². The van der Waals surface area contributed by atoms with Gasteiger partial charge in [-0.2, -0.15) is 0 Å². The largest absolute Gasteiger partial charge is 0.456 e. The van der Waals surface area contributed by atoms with Crippen LogP contribution in [0.3, 0.4) is 0 Å². The van der Waals surface area contributed by atoms with Crippen LogP contribution < -0.4 is 0 Å². The van der Waals surface area contributed by atoms with Gasteiger partial charge in [0.1, 0.15) is 11.2 Å². The van der Waals surface area contributed by atoms with E-state index in [1.54, 1.807) is 0 Å². The van der Waals surface area contributed by atoms with Crippen molar-refractivity contribution in [3.8, 4) is 22.3 Å². The molecule has 0 fully saturated rings. The van der Waals surface area contributed by atoms with Crippen LogP contribution in [0.2, 0.25) is 0 Å². The lowest BCUT2D eigenvalue weighted by Crippen LogP contribution is -1.91. The molecule has 37 heavy (non-hydrogen) atoms. The van der Waals surface area contributed by atoms with Crippen molar-refractivity contribution in [2.75, 3.05) is 0 Å². The second-order valence-electron chi connectivity index (χ2n) is 9.15. The number of benzene rings is 7. The Bertz CT molecular complexity index is 2470. The predicted molar refractivity (Wildman–Crippen MR) is 157 cm³/mol. The summed E-state index contributed by atoms with van der Waals surface area (Å²) in [6.07, 6.45) is 0. The molecule has 0 saturated carbocycles. The van der Waals surface area contributed by atoms with Crippen molar-refractivity contribution >= 4 is 54.3 Å². The molecule has 0 spiro atoms. The lowest BCUT2D eigenvalue weighted by Gasteiger charge is -2.18. The zero-order chi connectivity index (χ0) is 30.4. The molecule has 0 bridgehead atoms. The molecule has 0 aliphatic carbocycles. The molecule has 0 aliphatic rings. The van der Waals surface area contributed by atoms with Crippen LogP contribution in [0.25, 0.3) is 76.5 Å². The molecular weight excluding hydrogens is 448 g/mol. The van der Waals surface area contributed by atoms with Crippen molar-refractivity contribution in [1.29, 1.82) is 0 Å². The fourth-order valence-electron chi connectivity index (χ4n) is 5.59. The maximum absolute atomic E-state index is 9.09. The van der Waals surface area contributed by atoms with E-state index in [2.05, 4.69) is 6.07 Å². The van der Waals surface area contributed by atoms with Gasteiger partial charge >= 0.3 is 0 Å². The topological polar surface area (TPSA) is 13.1 Å². The third-order valence-corrected chi connectivity index (χ3v) is 7.16. The van der Waals surface area contributed by atoms with Crippen LogP contribution in [0.1, 0.15) is 9.60 Å². The van der Waals surface area contributed by atoms with Gasteiger partial charge in [-0.25, -0.2) is 0 Å². The summed E-state index contributed by atoms with van der Waals surface area (Å²) in [5.74, 6) is 0. The van der Waals surface area contributed by atoms with E-state index in [9.17, 15) is 0 Å². The molecule has 0 unspecified atom stereocenters. The van der Waals surface area contributed by atoms with Crippen LogP contribution in [0.4, 0.5) is 0 Å². The van der Waals surface area contributed by atoms with Crippen molar-refractivity contribution in [3.05, 3.63) is 133 Å². The lowest BCUT2D eigenvalue weighted by atomic mass is 9.84. The third kappa shape index (κ3) is 2.98. The number of furan rings is 1. The molecule has 0 aliphatic heterocycles. The third-order valence-electron chi connectivity index (χ3n) is 7.16. The van der Waals surface area contributed by atoms with E-state index < -0.39 is 12.1 Å². The second kappa shape index (κ2) is 7.81. The van der Waals surface area contributed by atoms with Gasteiger partial charge in [-0.1, -0.05) is 115 Å². The summed E-state index contributed by atoms with van der Waals surface area (Å²) in [5.41, 5.74) is 4.38. The summed E-state index contributed by atoms with van der Waals surface area (Å²) in [7, 11) is 0. The predicted octanol–water partition coefficient (Wildman–Crippen LogP) is 10.4. The van der Waals surface area contributed by atoms with Crippen LogP contribution >= 0.6 is 0 Å². The zero-order valence-corrected chi connectivity index (χ0v) is 19.6. The van der Waals surface area contributed by atoms with Crippen molar-refractivity contribution in [1.82, 2.24) is 0 Å². The molecule has 0 saturated heterocycles. The molecule has 8 aromatic rings. The van der Waals surface area contributed by atoms with Gasteiger partial charge in [0.2, 0.25) is 0 Å². The number of fused-ring (bicyclic) bond motifs is 6. The highest BCUT2D eigenvalue weighted by molar-refractivity contribution is 6.24. The molecule has 1 heterocycles. The summed E-state index contributed by atoms with van der Waals surface area (Å²) >= 11 is 0. The molecule has 0 radical (unpaired) electrons. The average molecular weight is 478 g/mol. The Labute approximate surface area is 224 Å². The quantitative estimate of drug-likeness (QED) is 0.226. The summed E-state index contributed by atoms with van der Waals surface area (Å²) in [5, 5.41) is 5.38. The van der Waals surface area contributed by atoms with E-state index >= 15 is 0 Å². The Kier molecular flexibility index (Phi) is 3.09. The minimum Gasteiger partial charge on any atom is -0.456 e. The standard InChI is InChI=1S/C36H22O/c1-2-12-25-23(10-1)11-9-18-27(25)36-30-16-5-3-14-28(30)35(29-15-4-6-17-31(29)36)24-20-21-34-32(22-24)26-13-7-8-19-33(26)37-34/h1-22H/i1D,2D,9D,10D,11D,12D,18D. The highest BCUT2D eigenvalue weighted by Crippen LogP contribution is 2.45. The van der Waals surface area contributed by atoms with Crippen molar-refractivity contribution in [3.63, 3.8) is 0 Å². The monoisotopic (exact) mass is 477 g/mol.